The number of carboxylic acid groups (broad SMARTS) is 1. The molecule has 0 amide bonds. The zero-order valence-corrected chi connectivity index (χ0v) is 18.2. The van der Waals surface area contributed by atoms with Crippen LogP contribution in [0.5, 0.6) is 0 Å². The molecule has 4 rings (SSSR count). The minimum absolute atomic E-state index is 0.141. The summed E-state index contributed by atoms with van der Waals surface area (Å²) >= 11 is 0. The second-order valence-electron chi connectivity index (χ2n) is 7.79. The van der Waals surface area contributed by atoms with E-state index in [1.807, 2.05) is 26.1 Å². The first-order valence-corrected chi connectivity index (χ1v) is 10.3. The molecule has 2 aromatic heterocycles. The van der Waals surface area contributed by atoms with Crippen LogP contribution >= 0.6 is 0 Å². The fourth-order valence-electron chi connectivity index (χ4n) is 3.48. The smallest absolute Gasteiger partial charge is 0.433 e. The summed E-state index contributed by atoms with van der Waals surface area (Å²) in [6.45, 7) is 3.82. The van der Waals surface area contributed by atoms with Crippen molar-refractivity contribution in [1.82, 2.24) is 19.7 Å². The monoisotopic (exact) mass is 467 g/mol. The molecule has 0 aliphatic carbocycles. The number of alkyl halides is 3. The van der Waals surface area contributed by atoms with Crippen molar-refractivity contribution < 1.29 is 23.1 Å². The third-order valence-electron chi connectivity index (χ3n) is 5.25. The molecule has 34 heavy (non-hydrogen) atoms. The highest BCUT2D eigenvalue weighted by Gasteiger charge is 2.32. The van der Waals surface area contributed by atoms with E-state index in [1.54, 1.807) is 47.3 Å². The van der Waals surface area contributed by atoms with Crippen LogP contribution in [0.4, 0.5) is 24.8 Å². The quantitative estimate of drug-likeness (QED) is 0.377. The van der Waals surface area contributed by atoms with Crippen molar-refractivity contribution in [3.8, 4) is 11.1 Å². The highest BCUT2D eigenvalue weighted by molar-refractivity contribution is 5.87. The minimum Gasteiger partial charge on any atom is -0.478 e. The molecule has 0 fully saturated rings. The van der Waals surface area contributed by atoms with Crippen molar-refractivity contribution in [3.63, 3.8) is 0 Å². The average molecular weight is 467 g/mol. The molecular formula is C24H20F3N5O2. The summed E-state index contributed by atoms with van der Waals surface area (Å²) in [7, 11) is 0. The highest BCUT2D eigenvalue weighted by Crippen LogP contribution is 2.30. The molecule has 0 saturated heterocycles. The van der Waals surface area contributed by atoms with Gasteiger partial charge < -0.3 is 10.4 Å². The van der Waals surface area contributed by atoms with E-state index in [0.29, 0.717) is 5.69 Å². The molecule has 0 aliphatic rings. The normalized spacial score (nSPS) is 12.4. The molecule has 2 N–H and O–H groups in total. The summed E-state index contributed by atoms with van der Waals surface area (Å²) in [5, 5.41) is 16.3. The van der Waals surface area contributed by atoms with Gasteiger partial charge in [0.25, 0.3) is 0 Å². The fraction of sp³-hybridized carbons (Fsp3) is 0.167. The molecule has 0 radical (unpaired) electrons. The van der Waals surface area contributed by atoms with E-state index in [2.05, 4.69) is 20.4 Å². The number of nitrogens with zero attached hydrogens (tertiary/aromatic N) is 4. The van der Waals surface area contributed by atoms with Gasteiger partial charge in [0, 0.05) is 23.6 Å². The summed E-state index contributed by atoms with van der Waals surface area (Å²) in [6, 6.07) is 12.8. The molecule has 0 spiro atoms. The molecule has 4 aromatic rings. The van der Waals surface area contributed by atoms with Gasteiger partial charge in [-0.15, -0.1) is 0 Å². The third kappa shape index (κ3) is 5.06. The van der Waals surface area contributed by atoms with Crippen molar-refractivity contribution in [2.24, 2.45) is 0 Å². The maximum absolute atomic E-state index is 12.9. The van der Waals surface area contributed by atoms with Crippen molar-refractivity contribution >= 4 is 17.6 Å². The number of anilines is 2. The molecule has 2 aromatic carbocycles. The van der Waals surface area contributed by atoms with Crippen LogP contribution < -0.4 is 5.32 Å². The third-order valence-corrected chi connectivity index (χ3v) is 5.25. The minimum atomic E-state index is -4.56. The maximum Gasteiger partial charge on any atom is 0.433 e. The number of halogens is 3. The van der Waals surface area contributed by atoms with E-state index in [9.17, 15) is 18.0 Å². The largest absolute Gasteiger partial charge is 0.478 e. The van der Waals surface area contributed by atoms with E-state index in [-0.39, 0.29) is 17.6 Å². The number of benzene rings is 2. The van der Waals surface area contributed by atoms with Gasteiger partial charge in [-0.2, -0.15) is 18.3 Å². The molecule has 0 saturated carbocycles. The zero-order chi connectivity index (χ0) is 24.5. The predicted octanol–water partition coefficient (Wildman–Crippen LogP) is 5.72. The molecule has 10 heteroatoms. The van der Waals surface area contributed by atoms with Crippen LogP contribution in [0.25, 0.3) is 11.1 Å². The Morgan fingerprint density at radius 1 is 1.09 bits per heavy atom. The predicted molar refractivity (Wildman–Crippen MR) is 120 cm³/mol. The number of aromatic nitrogens is 4. The van der Waals surface area contributed by atoms with Crippen LogP contribution in [0.15, 0.2) is 67.1 Å². The van der Waals surface area contributed by atoms with Crippen molar-refractivity contribution in [3.05, 3.63) is 89.5 Å². The Kier molecular flexibility index (Phi) is 6.06. The first-order valence-electron chi connectivity index (χ1n) is 10.3. The SMILES string of the molecule is Cc1cc(Nc2nccc(C(F)(F)F)n2)cc(-c2cnn([C@H](C)c3ccc(C(=O)O)cc3)c2)c1. The summed E-state index contributed by atoms with van der Waals surface area (Å²) in [5.74, 6) is -1.14. The van der Waals surface area contributed by atoms with E-state index in [1.165, 1.54) is 0 Å². The van der Waals surface area contributed by atoms with Crippen LogP contribution in [0.2, 0.25) is 0 Å². The van der Waals surface area contributed by atoms with Crippen molar-refractivity contribution in [2.45, 2.75) is 26.1 Å². The second-order valence-corrected chi connectivity index (χ2v) is 7.79. The molecular weight excluding hydrogens is 447 g/mol. The van der Waals surface area contributed by atoms with E-state index < -0.39 is 17.8 Å². The molecule has 1 atom stereocenters. The Morgan fingerprint density at radius 3 is 2.50 bits per heavy atom. The highest BCUT2D eigenvalue weighted by atomic mass is 19.4. The Balaban J connectivity index is 1.57. The van der Waals surface area contributed by atoms with Gasteiger partial charge in [0.15, 0.2) is 0 Å². The van der Waals surface area contributed by atoms with Gasteiger partial charge in [-0.3, -0.25) is 4.68 Å². The first-order chi connectivity index (χ1) is 16.1. The Hall–Kier alpha value is -4.21. The number of hydrogen-bond acceptors (Lipinski definition) is 5. The number of carboxylic acids is 1. The number of carbonyl (C=O) groups is 1. The maximum atomic E-state index is 12.9. The average Bonchev–Trinajstić information content (AvgIpc) is 3.28. The number of aryl methyl sites for hydroxylation is 1. The van der Waals surface area contributed by atoms with E-state index >= 15 is 0 Å². The topological polar surface area (TPSA) is 92.9 Å². The van der Waals surface area contributed by atoms with Crippen LogP contribution in [0, 0.1) is 6.92 Å². The summed E-state index contributed by atoms with van der Waals surface area (Å²) in [4.78, 5) is 18.5. The van der Waals surface area contributed by atoms with Gasteiger partial charge >= 0.3 is 12.1 Å². The van der Waals surface area contributed by atoms with Crippen molar-refractivity contribution in [2.75, 3.05) is 5.32 Å². The van der Waals surface area contributed by atoms with Gasteiger partial charge in [-0.05, 0) is 60.9 Å². The number of rotatable bonds is 6. The molecule has 7 nitrogen and oxygen atoms in total. The second kappa shape index (κ2) is 8.97. The standard InChI is InChI=1S/C24H20F3N5O2/c1-14-9-18(11-20(10-14)30-23-28-8-7-21(31-23)24(25,26)27)19-12-29-32(13-19)15(2)16-3-5-17(6-4-16)22(33)34/h3-13,15H,1-2H3,(H,33,34)(H,28,30,31)/t15-/m1/s1. The van der Waals surface area contributed by atoms with Crippen LogP contribution in [0.1, 0.15) is 40.1 Å². The summed E-state index contributed by atoms with van der Waals surface area (Å²) < 4.78 is 40.6. The Labute approximate surface area is 192 Å². The van der Waals surface area contributed by atoms with Crippen molar-refractivity contribution in [1.29, 1.82) is 0 Å². The molecule has 174 valence electrons. The van der Waals surface area contributed by atoms with Gasteiger partial charge in [0.2, 0.25) is 5.95 Å². The van der Waals surface area contributed by atoms with Gasteiger partial charge in [0.1, 0.15) is 5.69 Å². The zero-order valence-electron chi connectivity index (χ0n) is 18.2. The molecule has 2 heterocycles. The van der Waals surface area contributed by atoms with Crippen LogP contribution in [0.3, 0.4) is 0 Å². The fourth-order valence-corrected chi connectivity index (χ4v) is 3.48. The summed E-state index contributed by atoms with van der Waals surface area (Å²) in [5.41, 5.74) is 3.13. The number of nitrogens with one attached hydrogen (secondary N) is 1. The lowest BCUT2D eigenvalue weighted by atomic mass is 10.0. The van der Waals surface area contributed by atoms with E-state index in [0.717, 1.165) is 34.5 Å². The molecule has 0 bridgehead atoms. The van der Waals surface area contributed by atoms with Gasteiger partial charge in [-0.25, -0.2) is 14.8 Å². The Bertz CT molecular complexity index is 1330. The summed E-state index contributed by atoms with van der Waals surface area (Å²) in [6.07, 6.45) is 0.0518. The lowest BCUT2D eigenvalue weighted by Crippen LogP contribution is -2.10. The van der Waals surface area contributed by atoms with Crippen LogP contribution in [-0.2, 0) is 6.18 Å². The number of hydrogen-bond donors (Lipinski definition) is 2. The molecule has 0 unspecified atom stereocenters. The Morgan fingerprint density at radius 2 is 1.82 bits per heavy atom. The molecule has 0 aliphatic heterocycles. The number of aromatic carboxylic acids is 1. The lowest BCUT2D eigenvalue weighted by Gasteiger charge is -2.13. The van der Waals surface area contributed by atoms with Crippen LogP contribution in [-0.4, -0.2) is 30.8 Å². The van der Waals surface area contributed by atoms with Gasteiger partial charge in [0.05, 0.1) is 17.8 Å². The lowest BCUT2D eigenvalue weighted by molar-refractivity contribution is -0.141. The van der Waals surface area contributed by atoms with E-state index in [4.69, 9.17) is 5.11 Å². The first kappa shape index (κ1) is 23.0. The van der Waals surface area contributed by atoms with Gasteiger partial charge in [-0.1, -0.05) is 18.2 Å².